The van der Waals surface area contributed by atoms with Crippen LogP contribution in [0.4, 0.5) is 5.82 Å². The topological polar surface area (TPSA) is 16.1 Å². The average Bonchev–Trinajstić information content (AvgIpc) is 2.80. The van der Waals surface area contributed by atoms with Crippen molar-refractivity contribution in [1.29, 1.82) is 0 Å². The van der Waals surface area contributed by atoms with E-state index in [0.717, 1.165) is 23.6 Å². The highest BCUT2D eigenvalue weighted by Gasteiger charge is 2.12. The summed E-state index contributed by atoms with van der Waals surface area (Å²) >= 11 is 7.77. The predicted molar refractivity (Wildman–Crippen MR) is 79.7 cm³/mol. The zero-order valence-corrected chi connectivity index (χ0v) is 12.5. The average molecular weight is 281 g/mol. The molecule has 0 N–H and O–H groups in total. The van der Waals surface area contributed by atoms with Crippen molar-refractivity contribution in [2.24, 2.45) is 0 Å². The first-order valence-corrected chi connectivity index (χ1v) is 7.35. The Kier molecular flexibility index (Phi) is 4.25. The van der Waals surface area contributed by atoms with Crippen molar-refractivity contribution < 1.29 is 0 Å². The number of hydrogen-bond donors (Lipinski definition) is 0. The molecular weight excluding hydrogens is 264 g/mol. The van der Waals surface area contributed by atoms with Gasteiger partial charge in [-0.05, 0) is 47.9 Å². The van der Waals surface area contributed by atoms with E-state index in [1.807, 2.05) is 6.92 Å². The molecule has 0 saturated heterocycles. The first kappa shape index (κ1) is 13.4. The van der Waals surface area contributed by atoms with Crippen molar-refractivity contribution in [2.45, 2.75) is 26.3 Å². The fourth-order valence-electron chi connectivity index (χ4n) is 2.06. The predicted octanol–water partition coefficient (Wildman–Crippen LogP) is 4.14. The van der Waals surface area contributed by atoms with E-state index in [0.29, 0.717) is 5.88 Å². The minimum atomic E-state index is 0.502. The van der Waals surface area contributed by atoms with Gasteiger partial charge in [-0.2, -0.15) is 11.3 Å². The highest BCUT2D eigenvalue weighted by atomic mass is 35.5. The second-order valence-corrected chi connectivity index (χ2v) is 5.55. The number of pyridine rings is 1. The summed E-state index contributed by atoms with van der Waals surface area (Å²) in [5.74, 6) is 1.50. The Morgan fingerprint density at radius 3 is 2.78 bits per heavy atom. The number of rotatable bonds is 4. The fourth-order valence-corrected chi connectivity index (χ4v) is 3.05. The molecule has 2 heterocycles. The van der Waals surface area contributed by atoms with Gasteiger partial charge in [0.15, 0.2) is 0 Å². The molecule has 0 amide bonds. The van der Waals surface area contributed by atoms with Gasteiger partial charge in [-0.15, -0.1) is 11.6 Å². The van der Waals surface area contributed by atoms with Gasteiger partial charge in [0.25, 0.3) is 0 Å². The Morgan fingerprint density at radius 2 is 2.17 bits per heavy atom. The molecule has 2 nitrogen and oxygen atoms in total. The van der Waals surface area contributed by atoms with E-state index >= 15 is 0 Å². The number of hydrogen-bond acceptors (Lipinski definition) is 3. The van der Waals surface area contributed by atoms with Crippen LogP contribution in [0, 0.1) is 13.8 Å². The SMILES string of the molecule is Cc1cc(C)c(CCl)c(N(C)Cc2ccsc2)n1. The molecule has 0 atom stereocenters. The lowest BCUT2D eigenvalue weighted by molar-refractivity contribution is 0.883. The molecule has 0 aliphatic heterocycles. The second-order valence-electron chi connectivity index (χ2n) is 4.50. The number of anilines is 1. The first-order chi connectivity index (χ1) is 8.61. The van der Waals surface area contributed by atoms with E-state index in [4.69, 9.17) is 11.6 Å². The quantitative estimate of drug-likeness (QED) is 0.783. The normalized spacial score (nSPS) is 10.7. The summed E-state index contributed by atoms with van der Waals surface area (Å²) in [7, 11) is 2.06. The first-order valence-electron chi connectivity index (χ1n) is 5.87. The number of halogens is 1. The van der Waals surface area contributed by atoms with E-state index < -0.39 is 0 Å². The standard InChI is InChI=1S/C14H17ClN2S/c1-10-6-11(2)16-14(13(10)7-15)17(3)8-12-4-5-18-9-12/h4-6,9H,7-8H2,1-3H3. The minimum absolute atomic E-state index is 0.502. The summed E-state index contributed by atoms with van der Waals surface area (Å²) in [5, 5.41) is 4.26. The van der Waals surface area contributed by atoms with Crippen LogP contribution in [-0.4, -0.2) is 12.0 Å². The summed E-state index contributed by atoms with van der Waals surface area (Å²) in [6, 6.07) is 4.23. The maximum atomic E-state index is 6.05. The third kappa shape index (κ3) is 2.85. The highest BCUT2D eigenvalue weighted by molar-refractivity contribution is 7.07. The lowest BCUT2D eigenvalue weighted by atomic mass is 10.1. The van der Waals surface area contributed by atoms with Gasteiger partial charge in [0, 0.05) is 24.8 Å². The van der Waals surface area contributed by atoms with Crippen LogP contribution in [0.5, 0.6) is 0 Å². The molecule has 0 saturated carbocycles. The van der Waals surface area contributed by atoms with Crippen LogP contribution in [0.1, 0.15) is 22.4 Å². The Morgan fingerprint density at radius 1 is 1.39 bits per heavy atom. The number of aromatic nitrogens is 1. The molecule has 4 heteroatoms. The van der Waals surface area contributed by atoms with Crippen molar-refractivity contribution in [1.82, 2.24) is 4.98 Å². The van der Waals surface area contributed by atoms with Crippen molar-refractivity contribution in [3.63, 3.8) is 0 Å². The third-order valence-corrected chi connectivity index (χ3v) is 3.95. The number of alkyl halides is 1. The van der Waals surface area contributed by atoms with Gasteiger partial charge in [-0.1, -0.05) is 0 Å². The van der Waals surface area contributed by atoms with Crippen LogP contribution in [0.25, 0.3) is 0 Å². The molecule has 0 bridgehead atoms. The van der Waals surface area contributed by atoms with E-state index in [2.05, 4.69) is 46.7 Å². The smallest absolute Gasteiger partial charge is 0.133 e. The zero-order chi connectivity index (χ0) is 13.1. The highest BCUT2D eigenvalue weighted by Crippen LogP contribution is 2.25. The summed E-state index contributed by atoms with van der Waals surface area (Å²) < 4.78 is 0. The molecular formula is C14H17ClN2S. The molecule has 0 aliphatic rings. The van der Waals surface area contributed by atoms with Gasteiger partial charge in [-0.25, -0.2) is 4.98 Å². The van der Waals surface area contributed by atoms with Crippen LogP contribution in [0.15, 0.2) is 22.9 Å². The Balaban J connectivity index is 2.31. The number of thiophene rings is 1. The van der Waals surface area contributed by atoms with Gasteiger partial charge in [-0.3, -0.25) is 0 Å². The van der Waals surface area contributed by atoms with E-state index in [1.165, 1.54) is 11.1 Å². The molecule has 18 heavy (non-hydrogen) atoms. The molecule has 2 aromatic heterocycles. The summed E-state index contributed by atoms with van der Waals surface area (Å²) in [6.07, 6.45) is 0. The van der Waals surface area contributed by atoms with Crippen molar-refractivity contribution in [3.05, 3.63) is 45.3 Å². The van der Waals surface area contributed by atoms with Gasteiger partial charge in [0.1, 0.15) is 5.82 Å². The molecule has 0 radical (unpaired) electrons. The summed E-state index contributed by atoms with van der Waals surface area (Å²) in [4.78, 5) is 6.80. The molecule has 0 aromatic carbocycles. The maximum Gasteiger partial charge on any atom is 0.133 e. The molecule has 96 valence electrons. The van der Waals surface area contributed by atoms with Gasteiger partial charge >= 0.3 is 0 Å². The third-order valence-electron chi connectivity index (χ3n) is 2.95. The van der Waals surface area contributed by atoms with Crippen molar-refractivity contribution in [2.75, 3.05) is 11.9 Å². The monoisotopic (exact) mass is 280 g/mol. The van der Waals surface area contributed by atoms with E-state index in [1.54, 1.807) is 11.3 Å². The van der Waals surface area contributed by atoms with Crippen LogP contribution in [0.2, 0.25) is 0 Å². The van der Waals surface area contributed by atoms with Crippen LogP contribution in [0.3, 0.4) is 0 Å². The van der Waals surface area contributed by atoms with Gasteiger partial charge in [0.05, 0.1) is 5.88 Å². The molecule has 0 unspecified atom stereocenters. The minimum Gasteiger partial charge on any atom is -0.355 e. The number of nitrogens with zero attached hydrogens (tertiary/aromatic N) is 2. The Hall–Kier alpha value is -1.06. The molecule has 0 spiro atoms. The van der Waals surface area contributed by atoms with Gasteiger partial charge < -0.3 is 4.90 Å². The second kappa shape index (κ2) is 5.72. The number of aryl methyl sites for hydroxylation is 2. The van der Waals surface area contributed by atoms with Crippen LogP contribution in [-0.2, 0) is 12.4 Å². The lowest BCUT2D eigenvalue weighted by Crippen LogP contribution is -2.19. The lowest BCUT2D eigenvalue weighted by Gasteiger charge is -2.22. The van der Waals surface area contributed by atoms with Crippen molar-refractivity contribution in [3.8, 4) is 0 Å². The molecule has 2 rings (SSSR count). The van der Waals surface area contributed by atoms with Crippen LogP contribution >= 0.6 is 22.9 Å². The van der Waals surface area contributed by atoms with E-state index in [9.17, 15) is 0 Å². The van der Waals surface area contributed by atoms with Crippen LogP contribution < -0.4 is 4.90 Å². The Labute approximate surface area is 117 Å². The Bertz CT molecular complexity index is 523. The van der Waals surface area contributed by atoms with Crippen molar-refractivity contribution >= 4 is 28.8 Å². The fraction of sp³-hybridized carbons (Fsp3) is 0.357. The van der Waals surface area contributed by atoms with Gasteiger partial charge in [0.2, 0.25) is 0 Å². The summed E-state index contributed by atoms with van der Waals surface area (Å²) in [6.45, 7) is 4.98. The maximum absolute atomic E-state index is 6.05. The molecule has 0 aliphatic carbocycles. The molecule has 2 aromatic rings. The zero-order valence-electron chi connectivity index (χ0n) is 10.9. The van der Waals surface area contributed by atoms with E-state index in [-0.39, 0.29) is 0 Å². The largest absolute Gasteiger partial charge is 0.355 e. The molecule has 0 fully saturated rings. The summed E-state index contributed by atoms with van der Waals surface area (Å²) in [5.41, 5.74) is 4.68.